The number of rotatable bonds is 4. The summed E-state index contributed by atoms with van der Waals surface area (Å²) in [7, 11) is 3.23. The zero-order valence-electron chi connectivity index (χ0n) is 14.1. The summed E-state index contributed by atoms with van der Waals surface area (Å²) in [5, 5.41) is 0.989. The van der Waals surface area contributed by atoms with Gasteiger partial charge in [0.15, 0.2) is 5.65 Å². The first kappa shape index (κ1) is 17.0. The van der Waals surface area contributed by atoms with E-state index in [1.807, 2.05) is 25.1 Å². The van der Waals surface area contributed by atoms with Gasteiger partial charge in [0.25, 0.3) is 0 Å². The third kappa shape index (κ3) is 3.10. The Hall–Kier alpha value is -2.80. The molecule has 0 aliphatic rings. The Balaban J connectivity index is 2.17. The number of nitrogens with two attached hydrogens (primary N) is 2. The first-order chi connectivity index (χ1) is 11.9. The number of fused-ring (bicyclic) bond motifs is 1. The molecule has 130 valence electrons. The number of ether oxygens (including phenoxy) is 2. The smallest absolute Gasteiger partial charge is 0.224 e. The van der Waals surface area contributed by atoms with Gasteiger partial charge in [0.05, 0.1) is 19.6 Å². The Labute approximate surface area is 149 Å². The van der Waals surface area contributed by atoms with Crippen molar-refractivity contribution in [1.29, 1.82) is 0 Å². The third-order valence-electron chi connectivity index (χ3n) is 4.07. The van der Waals surface area contributed by atoms with Crippen LogP contribution >= 0.6 is 11.6 Å². The summed E-state index contributed by atoms with van der Waals surface area (Å²) in [6, 6.07) is 5.59. The van der Waals surface area contributed by atoms with Gasteiger partial charge in [-0.25, -0.2) is 4.98 Å². The van der Waals surface area contributed by atoms with E-state index in [2.05, 4.69) is 15.0 Å². The fourth-order valence-electron chi connectivity index (χ4n) is 2.81. The van der Waals surface area contributed by atoms with Crippen LogP contribution in [0.1, 0.15) is 16.7 Å². The highest BCUT2D eigenvalue weighted by Crippen LogP contribution is 2.33. The van der Waals surface area contributed by atoms with E-state index in [0.717, 1.165) is 28.2 Å². The van der Waals surface area contributed by atoms with Crippen LogP contribution in [-0.4, -0.2) is 29.2 Å². The molecule has 3 rings (SSSR count). The van der Waals surface area contributed by atoms with Crippen molar-refractivity contribution in [3.8, 4) is 11.5 Å². The van der Waals surface area contributed by atoms with Gasteiger partial charge in [-0.2, -0.15) is 9.97 Å². The number of pyridine rings is 1. The number of benzene rings is 1. The molecule has 0 atom stereocenters. The second kappa shape index (κ2) is 6.60. The fourth-order valence-corrected chi connectivity index (χ4v) is 3.09. The number of methoxy groups -OCH3 is 2. The van der Waals surface area contributed by atoms with E-state index in [9.17, 15) is 0 Å². The lowest BCUT2D eigenvalue weighted by Gasteiger charge is -2.15. The minimum Gasteiger partial charge on any atom is -0.497 e. The topological polar surface area (TPSA) is 109 Å². The van der Waals surface area contributed by atoms with Gasteiger partial charge in [-0.15, -0.1) is 0 Å². The summed E-state index contributed by atoms with van der Waals surface area (Å²) >= 11 is 6.41. The van der Waals surface area contributed by atoms with Gasteiger partial charge in [-0.05, 0) is 36.2 Å². The van der Waals surface area contributed by atoms with Crippen molar-refractivity contribution in [2.75, 3.05) is 25.7 Å². The van der Waals surface area contributed by atoms with E-state index in [1.165, 1.54) is 0 Å². The van der Waals surface area contributed by atoms with Gasteiger partial charge in [0.2, 0.25) is 5.95 Å². The van der Waals surface area contributed by atoms with Crippen LogP contribution in [0.2, 0.25) is 5.15 Å². The van der Waals surface area contributed by atoms with E-state index in [1.54, 1.807) is 14.2 Å². The minimum absolute atomic E-state index is 0.0650. The Morgan fingerprint density at radius 1 is 1.08 bits per heavy atom. The van der Waals surface area contributed by atoms with Crippen LogP contribution in [0, 0.1) is 6.92 Å². The monoisotopic (exact) mass is 359 g/mol. The molecule has 0 fully saturated rings. The van der Waals surface area contributed by atoms with Crippen LogP contribution in [0.4, 0.5) is 11.8 Å². The summed E-state index contributed by atoms with van der Waals surface area (Å²) in [6.07, 6.45) is 0.498. The Morgan fingerprint density at radius 2 is 1.84 bits per heavy atom. The van der Waals surface area contributed by atoms with E-state index in [0.29, 0.717) is 22.6 Å². The molecule has 1 aromatic carbocycles. The van der Waals surface area contributed by atoms with Gasteiger partial charge in [0.1, 0.15) is 22.5 Å². The van der Waals surface area contributed by atoms with Crippen molar-refractivity contribution in [2.45, 2.75) is 13.3 Å². The normalized spacial score (nSPS) is 10.9. The van der Waals surface area contributed by atoms with Crippen LogP contribution in [0.5, 0.6) is 11.5 Å². The van der Waals surface area contributed by atoms with Crippen molar-refractivity contribution in [3.05, 3.63) is 40.0 Å². The summed E-state index contributed by atoms with van der Waals surface area (Å²) in [5.41, 5.74) is 14.6. The lowest BCUT2D eigenvalue weighted by molar-refractivity contribution is 0.399. The first-order valence-corrected chi connectivity index (χ1v) is 7.91. The van der Waals surface area contributed by atoms with Gasteiger partial charge in [-0.1, -0.05) is 11.6 Å². The number of aryl methyl sites for hydroxylation is 1. The SMILES string of the molecule is COc1ccc(OC)c(Cc2c(Cl)nc3nc(N)nc(N)c3c2C)c1. The summed E-state index contributed by atoms with van der Waals surface area (Å²) in [6.45, 7) is 1.91. The zero-order chi connectivity index (χ0) is 18.1. The standard InChI is InChI=1S/C17H18ClN5O2/c1-8-11(7-9-6-10(24-2)4-5-12(9)25-3)14(18)21-16-13(8)15(19)22-17(20)23-16/h4-6H,7H2,1-3H3,(H4,19,20,21,22,23). The molecule has 2 heterocycles. The van der Waals surface area contributed by atoms with Crippen molar-refractivity contribution in [3.63, 3.8) is 0 Å². The highest BCUT2D eigenvalue weighted by atomic mass is 35.5. The van der Waals surface area contributed by atoms with Crippen molar-refractivity contribution in [2.24, 2.45) is 0 Å². The fraction of sp³-hybridized carbons (Fsp3) is 0.235. The van der Waals surface area contributed by atoms with Crippen molar-refractivity contribution in [1.82, 2.24) is 15.0 Å². The highest BCUT2D eigenvalue weighted by Gasteiger charge is 2.17. The molecule has 0 unspecified atom stereocenters. The van der Waals surface area contributed by atoms with E-state index in [-0.39, 0.29) is 11.8 Å². The molecule has 2 aromatic heterocycles. The number of anilines is 2. The van der Waals surface area contributed by atoms with Crippen LogP contribution in [0.25, 0.3) is 11.0 Å². The molecule has 0 saturated heterocycles. The average molecular weight is 360 g/mol. The molecule has 0 aliphatic heterocycles. The number of nitrogen functional groups attached to an aromatic ring is 2. The number of aromatic nitrogens is 3. The van der Waals surface area contributed by atoms with E-state index < -0.39 is 0 Å². The molecule has 0 saturated carbocycles. The Morgan fingerprint density at radius 3 is 2.52 bits per heavy atom. The lowest BCUT2D eigenvalue weighted by atomic mass is 9.99. The molecule has 0 radical (unpaired) electrons. The van der Waals surface area contributed by atoms with Gasteiger partial charge in [-0.3, -0.25) is 0 Å². The molecule has 25 heavy (non-hydrogen) atoms. The predicted molar refractivity (Wildman–Crippen MR) is 98.3 cm³/mol. The van der Waals surface area contributed by atoms with Gasteiger partial charge >= 0.3 is 0 Å². The number of nitrogens with zero attached hydrogens (tertiary/aromatic N) is 3. The molecule has 0 spiro atoms. The highest BCUT2D eigenvalue weighted by molar-refractivity contribution is 6.30. The van der Waals surface area contributed by atoms with Crippen molar-refractivity contribution < 1.29 is 9.47 Å². The maximum Gasteiger partial charge on any atom is 0.224 e. The number of hydrogen-bond donors (Lipinski definition) is 2. The van der Waals surface area contributed by atoms with Gasteiger partial charge in [0, 0.05) is 12.0 Å². The zero-order valence-corrected chi connectivity index (χ0v) is 14.9. The van der Waals surface area contributed by atoms with E-state index in [4.69, 9.17) is 32.5 Å². The van der Waals surface area contributed by atoms with Crippen molar-refractivity contribution >= 4 is 34.4 Å². The summed E-state index contributed by atoms with van der Waals surface area (Å²) < 4.78 is 10.7. The molecule has 0 aliphatic carbocycles. The number of halogens is 1. The van der Waals surface area contributed by atoms with Gasteiger partial charge < -0.3 is 20.9 Å². The summed E-state index contributed by atoms with van der Waals surface area (Å²) in [4.78, 5) is 12.5. The Kier molecular flexibility index (Phi) is 4.50. The second-order valence-electron chi connectivity index (χ2n) is 5.53. The van der Waals surface area contributed by atoms with E-state index >= 15 is 0 Å². The first-order valence-electron chi connectivity index (χ1n) is 7.53. The van der Waals surface area contributed by atoms with Crippen LogP contribution < -0.4 is 20.9 Å². The molecule has 3 aromatic rings. The second-order valence-corrected chi connectivity index (χ2v) is 5.88. The largest absolute Gasteiger partial charge is 0.497 e. The maximum atomic E-state index is 6.41. The number of hydrogen-bond acceptors (Lipinski definition) is 7. The molecular formula is C17H18ClN5O2. The Bertz CT molecular complexity index is 962. The maximum absolute atomic E-state index is 6.41. The molecular weight excluding hydrogens is 342 g/mol. The lowest BCUT2D eigenvalue weighted by Crippen LogP contribution is -2.06. The quantitative estimate of drug-likeness (QED) is 0.689. The molecule has 4 N–H and O–H groups in total. The molecule has 8 heteroatoms. The third-order valence-corrected chi connectivity index (χ3v) is 4.38. The van der Waals surface area contributed by atoms with Crippen LogP contribution in [0.3, 0.4) is 0 Å². The molecule has 0 bridgehead atoms. The summed E-state index contributed by atoms with van der Waals surface area (Å²) in [5.74, 6) is 1.81. The van der Waals surface area contributed by atoms with Crippen LogP contribution in [0.15, 0.2) is 18.2 Å². The van der Waals surface area contributed by atoms with Crippen LogP contribution in [-0.2, 0) is 6.42 Å². The minimum atomic E-state index is 0.0650. The molecule has 7 nitrogen and oxygen atoms in total. The predicted octanol–water partition coefficient (Wildman–Crippen LogP) is 2.76. The molecule has 0 amide bonds. The average Bonchev–Trinajstić information content (AvgIpc) is 2.57.